The Labute approximate surface area is 329 Å². The maximum Gasteiger partial charge on any atom is 0.257 e. The first-order valence-corrected chi connectivity index (χ1v) is 19.6. The van der Waals surface area contributed by atoms with Gasteiger partial charge in [-0.15, -0.1) is 4.44 Å². The van der Waals surface area contributed by atoms with E-state index in [-0.39, 0.29) is 47.4 Å². The van der Waals surface area contributed by atoms with Crippen molar-refractivity contribution in [2.24, 2.45) is 15.8 Å². The van der Waals surface area contributed by atoms with Crippen LogP contribution < -0.4 is 23.8 Å². The largest absolute Gasteiger partial charge is 0.493 e. The minimum atomic E-state index is -0.286. The quantitative estimate of drug-likeness (QED) is 0.180. The van der Waals surface area contributed by atoms with E-state index in [1.165, 1.54) is 0 Å². The summed E-state index contributed by atoms with van der Waals surface area (Å²) in [4.78, 5) is 37.3. The van der Waals surface area contributed by atoms with Gasteiger partial charge in [-0.3, -0.25) is 14.6 Å². The van der Waals surface area contributed by atoms with E-state index in [4.69, 9.17) is 18.9 Å². The second kappa shape index (κ2) is 16.8. The second-order valence-corrected chi connectivity index (χ2v) is 16.7. The lowest BCUT2D eigenvalue weighted by Crippen LogP contribution is -2.49. The fourth-order valence-electron chi connectivity index (χ4n) is 7.40. The van der Waals surface area contributed by atoms with Gasteiger partial charge in [-0.2, -0.15) is 0 Å². The van der Waals surface area contributed by atoms with Gasteiger partial charge in [0, 0.05) is 38.5 Å². The lowest BCUT2D eigenvalue weighted by Gasteiger charge is -2.33. The molecule has 4 aliphatic rings. The summed E-state index contributed by atoms with van der Waals surface area (Å²) >= 11 is 2.69. The number of rotatable bonds is 13. The number of fused-ring (bicyclic) bond motifs is 4. The van der Waals surface area contributed by atoms with E-state index < -0.39 is 0 Å². The summed E-state index contributed by atoms with van der Waals surface area (Å²) in [6.45, 7) is 16.8. The van der Waals surface area contributed by atoms with E-state index in [9.17, 15) is 14.7 Å². The smallest absolute Gasteiger partial charge is 0.257 e. The summed E-state index contributed by atoms with van der Waals surface area (Å²) in [5, 5.41) is 10.3. The van der Waals surface area contributed by atoms with Crippen molar-refractivity contribution in [1.29, 1.82) is 0 Å². The monoisotopic (exact) mass is 756 g/mol. The number of aliphatic imine (C=N–C) groups is 1. The Morgan fingerprint density at radius 1 is 0.833 bits per heavy atom. The summed E-state index contributed by atoms with van der Waals surface area (Å²) in [6.07, 6.45) is 8.58. The van der Waals surface area contributed by atoms with Gasteiger partial charge in [0.2, 0.25) is 0 Å². The number of carbonyl (C=O) groups excluding carboxylic acids is 2. The molecule has 2 aromatic rings. The first-order valence-electron chi connectivity index (χ1n) is 19.0. The molecule has 2 amide bonds. The zero-order valence-corrected chi connectivity index (χ0v) is 34.8. The molecule has 0 aliphatic carbocycles. The van der Waals surface area contributed by atoms with Crippen molar-refractivity contribution in [2.45, 2.75) is 85.9 Å². The third-order valence-electron chi connectivity index (χ3n) is 10.8. The Balaban J connectivity index is 0.00000276. The molecule has 0 aromatic heterocycles. The molecule has 4 heterocycles. The molecule has 290 valence electrons. The number of benzene rings is 2. The molecule has 0 fully saturated rings. The number of nitrogens with zero attached hydrogens (tertiary/aromatic N) is 4. The van der Waals surface area contributed by atoms with E-state index in [1.54, 1.807) is 26.4 Å². The van der Waals surface area contributed by atoms with Crippen LogP contribution in [0.1, 0.15) is 88.4 Å². The van der Waals surface area contributed by atoms with Crippen molar-refractivity contribution in [2.75, 3.05) is 59.1 Å². The Morgan fingerprint density at radius 2 is 1.46 bits per heavy atom. The highest BCUT2D eigenvalue weighted by Gasteiger charge is 2.41. The number of aliphatic hydroxyl groups is 1. The lowest BCUT2D eigenvalue weighted by molar-refractivity contribution is 0.0724. The topological polar surface area (TPSA) is 113 Å². The Kier molecular flexibility index (Phi) is 12.8. The van der Waals surface area contributed by atoms with Crippen LogP contribution in [0.5, 0.6) is 23.0 Å². The Bertz CT molecular complexity index is 1820. The molecule has 11 nitrogen and oxygen atoms in total. The fourth-order valence-corrected chi connectivity index (χ4v) is 7.80. The van der Waals surface area contributed by atoms with Crippen molar-refractivity contribution < 1.29 is 33.6 Å². The maximum absolute atomic E-state index is 13.7. The van der Waals surface area contributed by atoms with Crippen LogP contribution in [0.2, 0.25) is 0 Å². The molecule has 1 N–H and O–H groups in total. The number of carbonyl (C=O) groups is 2. The van der Waals surface area contributed by atoms with Gasteiger partial charge in [-0.05, 0) is 49.1 Å². The van der Waals surface area contributed by atoms with E-state index in [0.29, 0.717) is 71.8 Å². The van der Waals surface area contributed by atoms with Crippen LogP contribution >= 0.6 is 0 Å². The average Bonchev–Trinajstić information content (AvgIpc) is 3.68. The zero-order valence-electron chi connectivity index (χ0n) is 33.7. The minimum Gasteiger partial charge on any atom is -0.493 e. The van der Waals surface area contributed by atoms with E-state index >= 15 is 0 Å². The molecule has 2 unspecified atom stereocenters. The number of ether oxygens (including phenoxy) is 4. The summed E-state index contributed by atoms with van der Waals surface area (Å²) in [6, 6.07) is 6.54. The number of methoxy groups -OCH3 is 2. The van der Waals surface area contributed by atoms with Crippen molar-refractivity contribution in [3.63, 3.8) is 0 Å². The van der Waals surface area contributed by atoms with Gasteiger partial charge >= 0.3 is 0 Å². The molecule has 6 rings (SSSR count). The first-order chi connectivity index (χ1) is 25.6. The minimum absolute atomic E-state index is 0.0328. The standard InChI is InChI=1S/C40H51N4O7.C2H6.Al/c1-25-16-26-21-41-29-19-35(33(48-7)17-27(29)37(46)44(26)22-25)51-24-40(4,5)12-11-39(2,3)13-15-50-36-20-31-28(18-34(36)49-8)38(47)43-14-9-10-30(43)32(23-45)42(31)6;1-2;/h10,16-21,26,30,32,45H,11-15,22-24H2,1-8H3;1-2H3;/t26?,30-,32?;;/m0../s1. The molecule has 0 saturated carbocycles. The average molecular weight is 757 g/mol. The molecule has 2 aromatic carbocycles. The highest BCUT2D eigenvalue weighted by atomic mass is 27.0. The molecule has 12 heteroatoms. The third kappa shape index (κ3) is 8.61. The normalized spacial score (nSPS) is 20.4. The van der Waals surface area contributed by atoms with Gasteiger partial charge in [-0.25, -0.2) is 0 Å². The maximum atomic E-state index is 13.7. The summed E-state index contributed by atoms with van der Waals surface area (Å²) < 4.78 is 25.1. The Morgan fingerprint density at radius 3 is 2.13 bits per heavy atom. The third-order valence-corrected chi connectivity index (χ3v) is 11.2. The number of aliphatic hydroxyl groups excluding tert-OH is 1. The van der Waals surface area contributed by atoms with Crippen molar-refractivity contribution >= 4 is 45.7 Å². The van der Waals surface area contributed by atoms with Gasteiger partial charge in [-0.1, -0.05) is 59.3 Å². The number of amides is 2. The first kappa shape index (κ1) is 41.2. The number of likely N-dealkylation sites (N-methyl/N-ethyl adjacent to an activating group) is 1. The van der Waals surface area contributed by atoms with Crippen LogP contribution in [0.4, 0.5) is 11.4 Å². The molecule has 0 spiro atoms. The molecule has 4 aliphatic heterocycles. The molecular formula is C42H57AlN4O7. The molecule has 3 atom stereocenters. The molecular weight excluding hydrogens is 699 g/mol. The molecule has 54 heavy (non-hydrogen) atoms. The van der Waals surface area contributed by atoms with Crippen LogP contribution in [0, 0.1) is 10.8 Å². The summed E-state index contributed by atoms with van der Waals surface area (Å²) in [5.41, 5.74) is 3.31. The SMILES string of the molecule is CC.COc1cc2c(cc1OCCC(C)(C)CCC(C)(C)COc1cc3c(cc1OC)C(=O)N1CC(C)=CC1C=N3)N(C)C(CO)[C@@H]1C=[C]([Al])CN1C2=O. The van der Waals surface area contributed by atoms with Crippen molar-refractivity contribution in [1.82, 2.24) is 9.80 Å². The van der Waals surface area contributed by atoms with Crippen LogP contribution in [-0.4, -0.2) is 122 Å². The van der Waals surface area contributed by atoms with Gasteiger partial charge in [0.25, 0.3) is 11.8 Å². The predicted octanol–water partition coefficient (Wildman–Crippen LogP) is 6.58. The van der Waals surface area contributed by atoms with E-state index in [0.717, 1.165) is 29.3 Å². The van der Waals surface area contributed by atoms with E-state index in [2.05, 4.69) is 55.1 Å². The van der Waals surface area contributed by atoms with Crippen molar-refractivity contribution in [3.8, 4) is 23.0 Å². The van der Waals surface area contributed by atoms with Gasteiger partial charge in [0.15, 0.2) is 39.3 Å². The van der Waals surface area contributed by atoms with Gasteiger partial charge in [0.05, 0.1) is 74.7 Å². The predicted molar refractivity (Wildman–Crippen MR) is 214 cm³/mol. The summed E-state index contributed by atoms with van der Waals surface area (Å²) in [5.74, 6) is 2.00. The number of hydrogen-bond donors (Lipinski definition) is 1. The van der Waals surface area contributed by atoms with Gasteiger partial charge in [0.1, 0.15) is 0 Å². The summed E-state index contributed by atoms with van der Waals surface area (Å²) in [7, 11) is 5.08. The highest BCUT2D eigenvalue weighted by molar-refractivity contribution is 6.22. The van der Waals surface area contributed by atoms with Crippen LogP contribution in [-0.2, 0) is 0 Å². The second-order valence-electron chi connectivity index (χ2n) is 16.0. The van der Waals surface area contributed by atoms with Crippen molar-refractivity contribution in [3.05, 3.63) is 57.6 Å². The van der Waals surface area contributed by atoms with Crippen LogP contribution in [0.3, 0.4) is 0 Å². The fraction of sp³-hybridized carbons (Fsp3) is 0.548. The number of hydrogen-bond acceptors (Lipinski definition) is 9. The highest BCUT2D eigenvalue weighted by Crippen LogP contribution is 2.42. The van der Waals surface area contributed by atoms with Crippen LogP contribution in [0.25, 0.3) is 0 Å². The van der Waals surface area contributed by atoms with E-state index in [1.807, 2.05) is 66.9 Å². The molecule has 0 saturated heterocycles. The lowest BCUT2D eigenvalue weighted by atomic mass is 9.78. The van der Waals surface area contributed by atoms with Gasteiger partial charge < -0.3 is 38.8 Å². The zero-order chi connectivity index (χ0) is 39.5. The Hall–Kier alpha value is -3.98. The number of anilines is 1. The molecule has 2 radical (unpaired) electrons. The molecule has 0 bridgehead atoms. The van der Waals surface area contributed by atoms with Crippen LogP contribution in [0.15, 0.2) is 51.4 Å².